The Morgan fingerprint density at radius 1 is 1.58 bits per heavy atom. The van der Waals surface area contributed by atoms with Crippen LogP contribution in [0.4, 0.5) is 4.39 Å². The van der Waals surface area contributed by atoms with Gasteiger partial charge in [0.1, 0.15) is 5.75 Å². The first-order valence-electron chi connectivity index (χ1n) is 3.18. The first kappa shape index (κ1) is 9.19. The summed E-state index contributed by atoms with van der Waals surface area (Å²) in [6.45, 7) is 0. The Hall–Kier alpha value is -0.900. The second-order valence-electron chi connectivity index (χ2n) is 2.12. The average Bonchev–Trinajstić information content (AvgIpc) is 2.05. The number of rotatable bonds is 2. The van der Waals surface area contributed by atoms with Gasteiger partial charge in [-0.05, 0) is 34.1 Å². The third kappa shape index (κ3) is 1.82. The van der Waals surface area contributed by atoms with Crippen LogP contribution in [0, 0.1) is 0 Å². The summed E-state index contributed by atoms with van der Waals surface area (Å²) in [5, 5.41) is 0. The highest BCUT2D eigenvalue weighted by atomic mass is 79.9. The van der Waals surface area contributed by atoms with E-state index in [1.807, 2.05) is 0 Å². The largest absolute Gasteiger partial charge is 0.497 e. The molecule has 1 aromatic carbocycles. The highest BCUT2D eigenvalue weighted by Crippen LogP contribution is 2.22. The van der Waals surface area contributed by atoms with Crippen molar-refractivity contribution in [3.8, 4) is 5.75 Å². The number of hydrogen-bond acceptors (Lipinski definition) is 2. The standard InChI is InChI=1S/C8H6BrFO2/c1-12-5-2-3-7(9)6(4-5)8(10)11/h2-4H,1H3. The molecule has 64 valence electrons. The van der Waals surface area contributed by atoms with E-state index in [1.54, 1.807) is 12.1 Å². The first-order valence-corrected chi connectivity index (χ1v) is 3.98. The summed E-state index contributed by atoms with van der Waals surface area (Å²) in [5.74, 6) is 0.458. The van der Waals surface area contributed by atoms with Crippen LogP contribution >= 0.6 is 15.9 Å². The van der Waals surface area contributed by atoms with Crippen LogP contribution in [0.3, 0.4) is 0 Å². The molecule has 0 aliphatic heterocycles. The molecule has 0 saturated carbocycles. The van der Waals surface area contributed by atoms with Crippen LogP contribution in [0.5, 0.6) is 5.75 Å². The lowest BCUT2D eigenvalue weighted by atomic mass is 10.2. The van der Waals surface area contributed by atoms with Crippen molar-refractivity contribution in [2.75, 3.05) is 7.11 Å². The number of hydrogen-bond donors (Lipinski definition) is 0. The highest BCUT2D eigenvalue weighted by molar-refractivity contribution is 9.10. The molecule has 0 N–H and O–H groups in total. The van der Waals surface area contributed by atoms with Crippen molar-refractivity contribution < 1.29 is 13.9 Å². The van der Waals surface area contributed by atoms with E-state index in [9.17, 15) is 9.18 Å². The zero-order valence-electron chi connectivity index (χ0n) is 6.30. The lowest BCUT2D eigenvalue weighted by Gasteiger charge is -2.01. The van der Waals surface area contributed by atoms with Crippen LogP contribution in [-0.2, 0) is 0 Å². The van der Waals surface area contributed by atoms with Gasteiger partial charge in [0.2, 0.25) is 0 Å². The molecule has 12 heavy (non-hydrogen) atoms. The SMILES string of the molecule is COc1ccc(Br)c(C(=O)F)c1. The van der Waals surface area contributed by atoms with Gasteiger partial charge in [-0.3, -0.25) is 4.79 Å². The molecule has 0 amide bonds. The number of ether oxygens (including phenoxy) is 1. The molecule has 2 nitrogen and oxygen atoms in total. The van der Waals surface area contributed by atoms with E-state index in [1.165, 1.54) is 13.2 Å². The number of halogens is 2. The summed E-state index contributed by atoms with van der Waals surface area (Å²) in [4.78, 5) is 10.4. The molecule has 0 atom stereocenters. The van der Waals surface area contributed by atoms with Crippen molar-refractivity contribution in [2.24, 2.45) is 0 Å². The molecule has 0 aromatic heterocycles. The fraction of sp³-hybridized carbons (Fsp3) is 0.125. The summed E-state index contributed by atoms with van der Waals surface area (Å²) in [5.41, 5.74) is -0.0191. The maximum absolute atomic E-state index is 12.3. The van der Waals surface area contributed by atoms with Crippen LogP contribution in [0.1, 0.15) is 10.4 Å². The molecule has 4 heteroatoms. The van der Waals surface area contributed by atoms with Crippen molar-refractivity contribution in [3.63, 3.8) is 0 Å². The van der Waals surface area contributed by atoms with Gasteiger partial charge in [-0.1, -0.05) is 0 Å². The Kier molecular flexibility index (Phi) is 2.81. The topological polar surface area (TPSA) is 26.3 Å². The van der Waals surface area contributed by atoms with Gasteiger partial charge >= 0.3 is 6.04 Å². The Morgan fingerprint density at radius 3 is 2.75 bits per heavy atom. The van der Waals surface area contributed by atoms with E-state index in [4.69, 9.17) is 4.74 Å². The van der Waals surface area contributed by atoms with Gasteiger partial charge in [0, 0.05) is 4.47 Å². The van der Waals surface area contributed by atoms with Gasteiger partial charge in [-0.15, -0.1) is 0 Å². The third-order valence-electron chi connectivity index (χ3n) is 1.39. The predicted molar refractivity (Wildman–Crippen MR) is 46.1 cm³/mol. The first-order chi connectivity index (χ1) is 5.65. The minimum atomic E-state index is -1.47. The summed E-state index contributed by atoms with van der Waals surface area (Å²) >= 11 is 3.04. The molecule has 0 saturated heterocycles. The quantitative estimate of drug-likeness (QED) is 0.733. The summed E-state index contributed by atoms with van der Waals surface area (Å²) in [7, 11) is 1.45. The predicted octanol–water partition coefficient (Wildman–Crippen LogP) is 2.57. The molecule has 0 heterocycles. The molecule has 1 aromatic rings. The van der Waals surface area contributed by atoms with Gasteiger partial charge < -0.3 is 4.74 Å². The average molecular weight is 233 g/mol. The number of carbonyl (C=O) groups excluding carboxylic acids is 1. The molecule has 0 aliphatic rings. The van der Waals surface area contributed by atoms with Crippen molar-refractivity contribution >= 4 is 22.0 Å². The Morgan fingerprint density at radius 2 is 2.25 bits per heavy atom. The van der Waals surface area contributed by atoms with Crippen LogP contribution in [0.2, 0.25) is 0 Å². The molecule has 0 aliphatic carbocycles. The van der Waals surface area contributed by atoms with Gasteiger partial charge in [0.15, 0.2) is 0 Å². The molecule has 0 spiro atoms. The highest BCUT2D eigenvalue weighted by Gasteiger charge is 2.09. The fourth-order valence-corrected chi connectivity index (χ4v) is 1.18. The smallest absolute Gasteiger partial charge is 0.333 e. The minimum absolute atomic E-state index is 0.0191. The molecule has 0 unspecified atom stereocenters. The zero-order valence-corrected chi connectivity index (χ0v) is 7.89. The van der Waals surface area contributed by atoms with Crippen LogP contribution < -0.4 is 4.74 Å². The second kappa shape index (κ2) is 3.67. The monoisotopic (exact) mass is 232 g/mol. The molecule has 0 bridgehead atoms. The molecular formula is C8H6BrFO2. The van der Waals surface area contributed by atoms with Crippen LogP contribution in [0.25, 0.3) is 0 Å². The van der Waals surface area contributed by atoms with Gasteiger partial charge in [-0.2, -0.15) is 4.39 Å². The number of benzene rings is 1. The summed E-state index contributed by atoms with van der Waals surface area (Å²) in [6.07, 6.45) is 0. The number of carbonyl (C=O) groups is 1. The lowest BCUT2D eigenvalue weighted by Crippen LogP contribution is -1.93. The van der Waals surface area contributed by atoms with E-state index in [-0.39, 0.29) is 5.56 Å². The molecular weight excluding hydrogens is 227 g/mol. The van der Waals surface area contributed by atoms with Crippen LogP contribution in [0.15, 0.2) is 22.7 Å². The second-order valence-corrected chi connectivity index (χ2v) is 2.97. The van der Waals surface area contributed by atoms with E-state index in [2.05, 4.69) is 15.9 Å². The van der Waals surface area contributed by atoms with Crippen LogP contribution in [-0.4, -0.2) is 13.1 Å². The van der Waals surface area contributed by atoms with E-state index in [0.717, 1.165) is 0 Å². The Labute approximate surface area is 77.5 Å². The zero-order chi connectivity index (χ0) is 9.14. The lowest BCUT2D eigenvalue weighted by molar-refractivity contribution is 0.0834. The van der Waals surface area contributed by atoms with Gasteiger partial charge in [-0.25, -0.2) is 0 Å². The third-order valence-corrected chi connectivity index (χ3v) is 2.08. The van der Waals surface area contributed by atoms with Crippen molar-refractivity contribution in [3.05, 3.63) is 28.2 Å². The van der Waals surface area contributed by atoms with E-state index in [0.29, 0.717) is 10.2 Å². The van der Waals surface area contributed by atoms with Crippen molar-refractivity contribution in [1.29, 1.82) is 0 Å². The maximum atomic E-state index is 12.3. The maximum Gasteiger partial charge on any atom is 0.333 e. The van der Waals surface area contributed by atoms with Crippen molar-refractivity contribution in [1.82, 2.24) is 0 Å². The molecule has 0 fully saturated rings. The van der Waals surface area contributed by atoms with Crippen molar-refractivity contribution in [2.45, 2.75) is 0 Å². The van der Waals surface area contributed by atoms with E-state index >= 15 is 0 Å². The van der Waals surface area contributed by atoms with E-state index < -0.39 is 6.04 Å². The Bertz CT molecular complexity index is 312. The molecule has 0 radical (unpaired) electrons. The van der Waals surface area contributed by atoms with Gasteiger partial charge in [0.25, 0.3) is 0 Å². The minimum Gasteiger partial charge on any atom is -0.497 e. The summed E-state index contributed by atoms with van der Waals surface area (Å²) < 4.78 is 17.5. The number of methoxy groups -OCH3 is 1. The normalized spacial score (nSPS) is 9.58. The van der Waals surface area contributed by atoms with Gasteiger partial charge in [0.05, 0.1) is 12.7 Å². The fourth-order valence-electron chi connectivity index (χ4n) is 0.782. The Balaban J connectivity index is 3.17. The summed E-state index contributed by atoms with van der Waals surface area (Å²) in [6, 6.07) is 3.06. The molecule has 1 rings (SSSR count).